The number of halogens is 2. The van der Waals surface area contributed by atoms with Crippen LogP contribution in [0.25, 0.3) is 21.9 Å². The standard InChI is InChI=1S/C23H24Cl2N4/c1-3-7-14(8-4-2)22-28-20-16-9-5-6-10-19(16)27-23(21(20)29-22)26-15-11-12-17(24)18(25)13-15/h5-6,9-14H,3-4,7-8H2,1-2H3,(H,26,27)(H,28,29). The highest BCUT2D eigenvalue weighted by molar-refractivity contribution is 6.42. The summed E-state index contributed by atoms with van der Waals surface area (Å²) in [5.41, 5.74) is 3.61. The molecule has 0 saturated heterocycles. The van der Waals surface area contributed by atoms with Crippen LogP contribution in [0.15, 0.2) is 42.5 Å². The fraction of sp³-hybridized carbons (Fsp3) is 0.304. The van der Waals surface area contributed by atoms with Gasteiger partial charge in [0.15, 0.2) is 5.82 Å². The zero-order valence-electron chi connectivity index (χ0n) is 16.6. The molecule has 4 rings (SSSR count). The van der Waals surface area contributed by atoms with Crippen LogP contribution in [0.1, 0.15) is 51.3 Å². The van der Waals surface area contributed by atoms with Crippen molar-refractivity contribution in [3.8, 4) is 0 Å². The van der Waals surface area contributed by atoms with E-state index >= 15 is 0 Å². The number of nitrogens with zero attached hydrogens (tertiary/aromatic N) is 2. The third kappa shape index (κ3) is 4.05. The SMILES string of the molecule is CCCC(CCC)c1nc2c([nH]1)c(Nc1ccc(Cl)c(Cl)c1)nc1ccccc12. The molecule has 4 nitrogen and oxygen atoms in total. The first-order chi connectivity index (χ1) is 14.1. The van der Waals surface area contributed by atoms with E-state index in [1.165, 1.54) is 0 Å². The minimum Gasteiger partial charge on any atom is -0.339 e. The van der Waals surface area contributed by atoms with Gasteiger partial charge in [0, 0.05) is 17.0 Å². The van der Waals surface area contributed by atoms with Gasteiger partial charge in [0.1, 0.15) is 16.9 Å². The Morgan fingerprint density at radius 3 is 2.45 bits per heavy atom. The van der Waals surface area contributed by atoms with Crippen LogP contribution in [-0.4, -0.2) is 15.0 Å². The highest BCUT2D eigenvalue weighted by atomic mass is 35.5. The van der Waals surface area contributed by atoms with E-state index < -0.39 is 0 Å². The fourth-order valence-corrected chi connectivity index (χ4v) is 4.11. The first-order valence-corrected chi connectivity index (χ1v) is 10.9. The lowest BCUT2D eigenvalue weighted by atomic mass is 9.98. The molecule has 2 heterocycles. The van der Waals surface area contributed by atoms with Gasteiger partial charge in [-0.05, 0) is 37.1 Å². The zero-order valence-corrected chi connectivity index (χ0v) is 18.1. The maximum Gasteiger partial charge on any atom is 0.157 e. The first kappa shape index (κ1) is 20.0. The normalized spacial score (nSPS) is 11.6. The minimum absolute atomic E-state index is 0.425. The number of fused-ring (bicyclic) bond motifs is 3. The maximum atomic E-state index is 6.20. The van der Waals surface area contributed by atoms with Gasteiger partial charge in [-0.1, -0.05) is 68.1 Å². The summed E-state index contributed by atoms with van der Waals surface area (Å²) >= 11 is 12.3. The molecular formula is C23H24Cl2N4. The molecule has 2 aromatic heterocycles. The largest absolute Gasteiger partial charge is 0.339 e. The maximum absolute atomic E-state index is 6.20. The molecule has 0 aliphatic heterocycles. The van der Waals surface area contributed by atoms with E-state index in [0.29, 0.717) is 16.0 Å². The molecule has 0 bridgehead atoms. The number of anilines is 2. The molecule has 0 amide bonds. The Bertz CT molecular complexity index is 1150. The Morgan fingerprint density at radius 2 is 1.72 bits per heavy atom. The number of nitrogens with one attached hydrogen (secondary N) is 2. The molecule has 0 fully saturated rings. The Balaban J connectivity index is 1.86. The number of para-hydroxylation sites is 1. The van der Waals surface area contributed by atoms with Crippen molar-refractivity contribution in [2.75, 3.05) is 5.32 Å². The van der Waals surface area contributed by atoms with Crippen LogP contribution in [0.3, 0.4) is 0 Å². The molecule has 6 heteroatoms. The molecule has 2 N–H and O–H groups in total. The van der Waals surface area contributed by atoms with Gasteiger partial charge in [-0.15, -0.1) is 0 Å². The van der Waals surface area contributed by atoms with Crippen molar-refractivity contribution in [1.82, 2.24) is 15.0 Å². The summed E-state index contributed by atoms with van der Waals surface area (Å²) in [4.78, 5) is 13.5. The topological polar surface area (TPSA) is 53.6 Å². The van der Waals surface area contributed by atoms with Crippen LogP contribution in [0.5, 0.6) is 0 Å². The first-order valence-electron chi connectivity index (χ1n) is 10.1. The average Bonchev–Trinajstić information content (AvgIpc) is 3.17. The van der Waals surface area contributed by atoms with E-state index in [4.69, 9.17) is 33.2 Å². The summed E-state index contributed by atoms with van der Waals surface area (Å²) < 4.78 is 0. The summed E-state index contributed by atoms with van der Waals surface area (Å²) in [6.07, 6.45) is 4.51. The predicted molar refractivity (Wildman–Crippen MR) is 124 cm³/mol. The Hall–Kier alpha value is -2.30. The molecule has 0 unspecified atom stereocenters. The Labute approximate surface area is 180 Å². The van der Waals surface area contributed by atoms with Crippen molar-refractivity contribution >= 4 is 56.6 Å². The van der Waals surface area contributed by atoms with Crippen LogP contribution < -0.4 is 5.32 Å². The molecular weight excluding hydrogens is 403 g/mol. The molecule has 0 spiro atoms. The van der Waals surface area contributed by atoms with E-state index in [-0.39, 0.29) is 0 Å². The third-order valence-electron chi connectivity index (χ3n) is 5.19. The van der Waals surface area contributed by atoms with E-state index in [1.807, 2.05) is 24.3 Å². The summed E-state index contributed by atoms with van der Waals surface area (Å²) in [6, 6.07) is 13.6. The lowest BCUT2D eigenvalue weighted by molar-refractivity contribution is 0.539. The van der Waals surface area contributed by atoms with Crippen LogP contribution in [-0.2, 0) is 0 Å². The Kier molecular flexibility index (Phi) is 5.93. The molecule has 0 aliphatic rings. The minimum atomic E-state index is 0.425. The van der Waals surface area contributed by atoms with Crippen molar-refractivity contribution in [2.45, 2.75) is 45.4 Å². The third-order valence-corrected chi connectivity index (χ3v) is 5.93. The number of hydrogen-bond acceptors (Lipinski definition) is 3. The summed E-state index contributed by atoms with van der Waals surface area (Å²) in [6.45, 7) is 4.44. The predicted octanol–water partition coefficient (Wildman–Crippen LogP) is 7.85. The number of pyridine rings is 1. The summed E-state index contributed by atoms with van der Waals surface area (Å²) in [7, 11) is 0. The molecule has 0 atom stereocenters. The smallest absolute Gasteiger partial charge is 0.157 e. The molecule has 29 heavy (non-hydrogen) atoms. The van der Waals surface area contributed by atoms with Gasteiger partial charge in [0.05, 0.1) is 15.6 Å². The number of H-pyrrole nitrogens is 1. The highest BCUT2D eigenvalue weighted by Gasteiger charge is 2.19. The molecule has 0 radical (unpaired) electrons. The van der Waals surface area contributed by atoms with E-state index in [9.17, 15) is 0 Å². The van der Waals surface area contributed by atoms with Crippen molar-refractivity contribution in [3.05, 3.63) is 58.3 Å². The second kappa shape index (κ2) is 8.60. The quantitative estimate of drug-likeness (QED) is 0.316. The second-order valence-corrected chi connectivity index (χ2v) is 8.17. The van der Waals surface area contributed by atoms with E-state index in [1.54, 1.807) is 12.1 Å². The summed E-state index contributed by atoms with van der Waals surface area (Å²) in [5.74, 6) is 2.20. The van der Waals surface area contributed by atoms with E-state index in [2.05, 4.69) is 30.2 Å². The second-order valence-electron chi connectivity index (χ2n) is 7.35. The number of aromatic nitrogens is 3. The van der Waals surface area contributed by atoms with Gasteiger partial charge in [-0.25, -0.2) is 9.97 Å². The van der Waals surface area contributed by atoms with Crippen LogP contribution in [0.2, 0.25) is 10.0 Å². The van der Waals surface area contributed by atoms with Crippen LogP contribution in [0, 0.1) is 0 Å². The molecule has 150 valence electrons. The van der Waals surface area contributed by atoms with Crippen molar-refractivity contribution < 1.29 is 0 Å². The molecule has 4 aromatic rings. The highest BCUT2D eigenvalue weighted by Crippen LogP contribution is 2.34. The van der Waals surface area contributed by atoms with E-state index in [0.717, 1.165) is 64.9 Å². The zero-order chi connectivity index (χ0) is 20.4. The monoisotopic (exact) mass is 426 g/mol. The van der Waals surface area contributed by atoms with Gasteiger partial charge >= 0.3 is 0 Å². The number of hydrogen-bond donors (Lipinski definition) is 2. The number of rotatable bonds is 7. The van der Waals surface area contributed by atoms with Gasteiger partial charge in [-0.2, -0.15) is 0 Å². The van der Waals surface area contributed by atoms with Crippen molar-refractivity contribution in [2.24, 2.45) is 0 Å². The van der Waals surface area contributed by atoms with Gasteiger partial charge in [-0.3, -0.25) is 0 Å². The fourth-order valence-electron chi connectivity index (χ4n) is 3.81. The number of benzene rings is 2. The number of imidazole rings is 1. The van der Waals surface area contributed by atoms with Gasteiger partial charge in [0.2, 0.25) is 0 Å². The van der Waals surface area contributed by atoms with Crippen molar-refractivity contribution in [1.29, 1.82) is 0 Å². The lowest BCUT2D eigenvalue weighted by Gasteiger charge is -2.11. The average molecular weight is 427 g/mol. The Morgan fingerprint density at radius 1 is 0.966 bits per heavy atom. The van der Waals surface area contributed by atoms with Gasteiger partial charge in [0.25, 0.3) is 0 Å². The van der Waals surface area contributed by atoms with Crippen LogP contribution in [0.4, 0.5) is 11.5 Å². The summed E-state index contributed by atoms with van der Waals surface area (Å²) in [5, 5.41) is 5.48. The van der Waals surface area contributed by atoms with Gasteiger partial charge < -0.3 is 10.3 Å². The van der Waals surface area contributed by atoms with Crippen molar-refractivity contribution in [3.63, 3.8) is 0 Å². The van der Waals surface area contributed by atoms with Crippen LogP contribution >= 0.6 is 23.2 Å². The molecule has 0 aliphatic carbocycles. The molecule has 0 saturated carbocycles. The lowest BCUT2D eigenvalue weighted by Crippen LogP contribution is -2.00. The number of aromatic amines is 1. The molecule has 2 aromatic carbocycles.